The van der Waals surface area contributed by atoms with Gasteiger partial charge in [-0.25, -0.2) is 4.39 Å². The normalized spacial score (nSPS) is 15.2. The lowest BCUT2D eigenvalue weighted by Gasteiger charge is -2.29. The molecule has 162 valence electrons. The van der Waals surface area contributed by atoms with Gasteiger partial charge in [0.25, 0.3) is 0 Å². The molecule has 1 amide bonds. The molecule has 1 saturated heterocycles. The van der Waals surface area contributed by atoms with Crippen LogP contribution in [0, 0.1) is 26.6 Å². The molecule has 6 nitrogen and oxygen atoms in total. The Bertz CT molecular complexity index is 1050. The summed E-state index contributed by atoms with van der Waals surface area (Å²) in [7, 11) is 0. The molecule has 2 heterocycles. The quantitative estimate of drug-likeness (QED) is 0.650. The van der Waals surface area contributed by atoms with Crippen LogP contribution in [-0.4, -0.2) is 40.6 Å². The predicted octanol–water partition coefficient (Wildman–Crippen LogP) is 4.62. The molecule has 1 N–H and O–H groups in total. The van der Waals surface area contributed by atoms with Crippen molar-refractivity contribution in [3.8, 4) is 11.4 Å². The van der Waals surface area contributed by atoms with Gasteiger partial charge in [0.15, 0.2) is 0 Å². The second kappa shape index (κ2) is 8.98. The summed E-state index contributed by atoms with van der Waals surface area (Å²) in [6.07, 6.45) is 1.70. The highest BCUT2D eigenvalue weighted by atomic mass is 19.1. The van der Waals surface area contributed by atoms with E-state index in [0.717, 1.165) is 48.3 Å². The molecule has 2 aromatic carbocycles. The molecule has 0 unspecified atom stereocenters. The Kier molecular flexibility index (Phi) is 6.13. The molecule has 1 fully saturated rings. The lowest BCUT2D eigenvalue weighted by Crippen LogP contribution is -2.39. The summed E-state index contributed by atoms with van der Waals surface area (Å²) in [6.45, 7) is 8.04. The summed E-state index contributed by atoms with van der Waals surface area (Å²) in [4.78, 5) is 19.2. The smallest absolute Gasteiger partial charge is 0.238 e. The molecule has 0 atom stereocenters. The van der Waals surface area contributed by atoms with Crippen LogP contribution in [0.5, 0.6) is 0 Å². The first kappa shape index (κ1) is 21.2. The molecule has 3 aromatic rings. The van der Waals surface area contributed by atoms with Crippen molar-refractivity contribution in [2.24, 2.45) is 0 Å². The van der Waals surface area contributed by atoms with Crippen molar-refractivity contribution in [2.75, 3.05) is 25.0 Å². The Morgan fingerprint density at radius 2 is 1.77 bits per heavy atom. The summed E-state index contributed by atoms with van der Waals surface area (Å²) in [5.41, 5.74) is 4.99. The van der Waals surface area contributed by atoms with E-state index in [9.17, 15) is 9.18 Å². The number of likely N-dealkylation sites (tertiary alicyclic amines) is 1. The van der Waals surface area contributed by atoms with Crippen molar-refractivity contribution in [1.82, 2.24) is 15.0 Å². The Morgan fingerprint density at radius 3 is 2.42 bits per heavy atom. The molecule has 0 aliphatic carbocycles. The fourth-order valence-electron chi connectivity index (χ4n) is 4.21. The molecule has 0 bridgehead atoms. The Labute approximate surface area is 181 Å². The van der Waals surface area contributed by atoms with Gasteiger partial charge in [0.2, 0.25) is 17.6 Å². The van der Waals surface area contributed by atoms with Crippen LogP contribution in [0.15, 0.2) is 40.9 Å². The molecule has 0 spiro atoms. The van der Waals surface area contributed by atoms with E-state index in [4.69, 9.17) is 4.52 Å². The standard InChI is InChI=1S/C24H27FN4O2/c1-15-12-16(2)22(17(3)13-15)26-21(30)14-29-10-8-19(9-11-29)24-27-23(28-31-24)18-4-6-20(25)7-5-18/h4-7,12-13,19H,8-11,14H2,1-3H3,(H,26,30). The first-order valence-corrected chi connectivity index (χ1v) is 10.6. The number of hydrogen-bond donors (Lipinski definition) is 1. The van der Waals surface area contributed by atoms with Crippen LogP contribution in [0.2, 0.25) is 0 Å². The number of hydrogen-bond acceptors (Lipinski definition) is 5. The van der Waals surface area contributed by atoms with E-state index >= 15 is 0 Å². The van der Waals surface area contributed by atoms with E-state index in [1.165, 1.54) is 17.7 Å². The van der Waals surface area contributed by atoms with Crippen molar-refractivity contribution in [3.05, 3.63) is 64.8 Å². The van der Waals surface area contributed by atoms with E-state index < -0.39 is 0 Å². The van der Waals surface area contributed by atoms with Gasteiger partial charge in [-0.3, -0.25) is 9.69 Å². The SMILES string of the molecule is Cc1cc(C)c(NC(=O)CN2CCC(c3nc(-c4ccc(F)cc4)no3)CC2)c(C)c1. The van der Waals surface area contributed by atoms with Crippen LogP contribution in [0.1, 0.15) is 41.3 Å². The number of amides is 1. The molecule has 1 aromatic heterocycles. The van der Waals surface area contributed by atoms with Crippen molar-refractivity contribution in [2.45, 2.75) is 39.5 Å². The summed E-state index contributed by atoms with van der Waals surface area (Å²) >= 11 is 0. The van der Waals surface area contributed by atoms with Gasteiger partial charge in [-0.05, 0) is 82.1 Å². The topological polar surface area (TPSA) is 71.3 Å². The van der Waals surface area contributed by atoms with Gasteiger partial charge in [-0.15, -0.1) is 0 Å². The molecule has 1 aliphatic rings. The Balaban J connectivity index is 1.31. The number of nitrogens with zero attached hydrogens (tertiary/aromatic N) is 3. The average Bonchev–Trinajstić information content (AvgIpc) is 3.22. The number of nitrogens with one attached hydrogen (secondary N) is 1. The van der Waals surface area contributed by atoms with Crippen molar-refractivity contribution < 1.29 is 13.7 Å². The largest absolute Gasteiger partial charge is 0.339 e. The van der Waals surface area contributed by atoms with Crippen LogP contribution >= 0.6 is 0 Å². The Morgan fingerprint density at radius 1 is 1.13 bits per heavy atom. The number of benzene rings is 2. The average molecular weight is 423 g/mol. The molecule has 0 saturated carbocycles. The third-order valence-corrected chi connectivity index (χ3v) is 5.79. The van der Waals surface area contributed by atoms with Gasteiger partial charge >= 0.3 is 0 Å². The van der Waals surface area contributed by atoms with E-state index in [2.05, 4.69) is 39.4 Å². The number of piperidine rings is 1. The minimum absolute atomic E-state index is 0.00453. The third kappa shape index (κ3) is 4.99. The van der Waals surface area contributed by atoms with E-state index in [1.807, 2.05) is 13.8 Å². The predicted molar refractivity (Wildman–Crippen MR) is 117 cm³/mol. The lowest BCUT2D eigenvalue weighted by atomic mass is 9.96. The highest BCUT2D eigenvalue weighted by molar-refractivity contribution is 5.93. The zero-order valence-electron chi connectivity index (χ0n) is 18.1. The number of carbonyl (C=O) groups is 1. The number of aryl methyl sites for hydroxylation is 3. The van der Waals surface area contributed by atoms with E-state index in [1.54, 1.807) is 12.1 Å². The molecule has 0 radical (unpaired) electrons. The number of aromatic nitrogens is 2. The minimum atomic E-state index is -0.295. The summed E-state index contributed by atoms with van der Waals surface area (Å²) in [5, 5.41) is 7.12. The maximum atomic E-state index is 13.1. The second-order valence-corrected chi connectivity index (χ2v) is 8.34. The van der Waals surface area contributed by atoms with Crippen LogP contribution < -0.4 is 5.32 Å². The molecular formula is C24H27FN4O2. The molecule has 7 heteroatoms. The summed E-state index contributed by atoms with van der Waals surface area (Å²) < 4.78 is 18.6. The van der Waals surface area contributed by atoms with Crippen LogP contribution in [0.4, 0.5) is 10.1 Å². The first-order valence-electron chi connectivity index (χ1n) is 10.6. The van der Waals surface area contributed by atoms with Crippen LogP contribution in [0.25, 0.3) is 11.4 Å². The number of halogens is 1. The second-order valence-electron chi connectivity index (χ2n) is 8.34. The lowest BCUT2D eigenvalue weighted by molar-refractivity contribution is -0.117. The third-order valence-electron chi connectivity index (χ3n) is 5.79. The van der Waals surface area contributed by atoms with Gasteiger partial charge in [-0.2, -0.15) is 4.98 Å². The number of anilines is 1. The van der Waals surface area contributed by atoms with Crippen molar-refractivity contribution >= 4 is 11.6 Å². The zero-order valence-corrected chi connectivity index (χ0v) is 18.1. The van der Waals surface area contributed by atoms with Gasteiger partial charge in [0.1, 0.15) is 5.82 Å². The van der Waals surface area contributed by atoms with Gasteiger partial charge in [0.05, 0.1) is 6.54 Å². The maximum absolute atomic E-state index is 13.1. The van der Waals surface area contributed by atoms with Crippen molar-refractivity contribution in [3.63, 3.8) is 0 Å². The first-order chi connectivity index (χ1) is 14.9. The monoisotopic (exact) mass is 422 g/mol. The van der Waals surface area contributed by atoms with E-state index in [-0.39, 0.29) is 17.6 Å². The fraction of sp³-hybridized carbons (Fsp3) is 0.375. The molecular weight excluding hydrogens is 395 g/mol. The van der Waals surface area contributed by atoms with Crippen molar-refractivity contribution in [1.29, 1.82) is 0 Å². The van der Waals surface area contributed by atoms with Crippen LogP contribution in [-0.2, 0) is 4.79 Å². The molecule has 1 aliphatic heterocycles. The number of rotatable bonds is 5. The minimum Gasteiger partial charge on any atom is -0.339 e. The maximum Gasteiger partial charge on any atom is 0.238 e. The molecule has 31 heavy (non-hydrogen) atoms. The summed E-state index contributed by atoms with van der Waals surface area (Å²) in [5.74, 6) is 0.957. The van der Waals surface area contributed by atoms with E-state index in [0.29, 0.717) is 18.3 Å². The fourth-order valence-corrected chi connectivity index (χ4v) is 4.21. The highest BCUT2D eigenvalue weighted by Crippen LogP contribution is 2.29. The summed E-state index contributed by atoms with van der Waals surface area (Å²) in [6, 6.07) is 10.2. The van der Waals surface area contributed by atoms with Gasteiger partial charge in [-0.1, -0.05) is 22.9 Å². The Hall–Kier alpha value is -3.06. The molecule has 4 rings (SSSR count). The van der Waals surface area contributed by atoms with Gasteiger partial charge in [0, 0.05) is 17.2 Å². The van der Waals surface area contributed by atoms with Gasteiger partial charge < -0.3 is 9.84 Å². The zero-order chi connectivity index (χ0) is 22.0. The number of carbonyl (C=O) groups excluding carboxylic acids is 1. The van der Waals surface area contributed by atoms with Crippen LogP contribution in [0.3, 0.4) is 0 Å². The highest BCUT2D eigenvalue weighted by Gasteiger charge is 2.26.